The molecular formula is C10H15NO2Si. The second-order valence-electron chi connectivity index (χ2n) is 4.19. The first-order valence-electron chi connectivity index (χ1n) is 4.56. The molecule has 0 aromatic carbocycles. The monoisotopic (exact) mass is 209 g/mol. The zero-order valence-electron chi connectivity index (χ0n) is 9.00. The van der Waals surface area contributed by atoms with Gasteiger partial charge in [-0.15, -0.1) is 0 Å². The lowest BCUT2D eigenvalue weighted by Gasteiger charge is -2.19. The average Bonchev–Trinajstić information content (AvgIpc) is 2.46. The molecule has 0 saturated heterocycles. The minimum Gasteiger partial charge on any atom is -0.462 e. The van der Waals surface area contributed by atoms with Gasteiger partial charge in [-0.05, 0) is 38.7 Å². The standard InChI is InChI=1S/C10H15NO2Si/c1-8-5-6-9(12-8)10(7-11)13-14(2,3)4/h5-6,10H,1-4H3. The molecule has 0 aliphatic carbocycles. The van der Waals surface area contributed by atoms with Crippen LogP contribution in [0.15, 0.2) is 16.5 Å². The molecule has 0 aliphatic heterocycles. The molecule has 76 valence electrons. The van der Waals surface area contributed by atoms with Gasteiger partial charge in [-0.25, -0.2) is 0 Å². The van der Waals surface area contributed by atoms with Gasteiger partial charge in [0.05, 0.1) is 0 Å². The molecule has 1 rings (SSSR count). The summed E-state index contributed by atoms with van der Waals surface area (Å²) in [5, 5.41) is 8.94. The van der Waals surface area contributed by atoms with E-state index in [4.69, 9.17) is 14.1 Å². The predicted molar refractivity (Wildman–Crippen MR) is 56.2 cm³/mol. The lowest BCUT2D eigenvalue weighted by atomic mass is 10.3. The summed E-state index contributed by atoms with van der Waals surface area (Å²) in [5.41, 5.74) is 0. The summed E-state index contributed by atoms with van der Waals surface area (Å²) >= 11 is 0. The van der Waals surface area contributed by atoms with Crippen molar-refractivity contribution in [2.45, 2.75) is 32.7 Å². The van der Waals surface area contributed by atoms with Gasteiger partial charge in [-0.2, -0.15) is 5.26 Å². The van der Waals surface area contributed by atoms with E-state index in [1.54, 1.807) is 6.07 Å². The second-order valence-corrected chi connectivity index (χ2v) is 8.65. The van der Waals surface area contributed by atoms with Gasteiger partial charge < -0.3 is 8.84 Å². The third kappa shape index (κ3) is 3.02. The summed E-state index contributed by atoms with van der Waals surface area (Å²) in [6.45, 7) is 8.00. The molecule has 1 heterocycles. The molecular weight excluding hydrogens is 194 g/mol. The van der Waals surface area contributed by atoms with Crippen molar-refractivity contribution in [2.24, 2.45) is 0 Å². The van der Waals surface area contributed by atoms with Crippen LogP contribution in [0.5, 0.6) is 0 Å². The molecule has 0 radical (unpaired) electrons. The van der Waals surface area contributed by atoms with E-state index in [9.17, 15) is 0 Å². The number of hydrogen-bond donors (Lipinski definition) is 0. The van der Waals surface area contributed by atoms with E-state index < -0.39 is 14.4 Å². The number of hydrogen-bond acceptors (Lipinski definition) is 3. The van der Waals surface area contributed by atoms with Crippen LogP contribution in [0.4, 0.5) is 0 Å². The number of nitriles is 1. The van der Waals surface area contributed by atoms with Crippen LogP contribution < -0.4 is 0 Å². The van der Waals surface area contributed by atoms with Crippen molar-refractivity contribution in [1.82, 2.24) is 0 Å². The summed E-state index contributed by atoms with van der Waals surface area (Å²) in [5.74, 6) is 1.41. The smallest absolute Gasteiger partial charge is 0.192 e. The first-order chi connectivity index (χ1) is 6.42. The predicted octanol–water partition coefficient (Wildman–Crippen LogP) is 3.00. The zero-order chi connectivity index (χ0) is 10.8. The first kappa shape index (κ1) is 11.0. The minimum atomic E-state index is -1.70. The SMILES string of the molecule is Cc1ccc(C(C#N)O[Si](C)(C)C)o1. The van der Waals surface area contributed by atoms with Crippen molar-refractivity contribution in [2.75, 3.05) is 0 Å². The van der Waals surface area contributed by atoms with Crippen LogP contribution in [0.25, 0.3) is 0 Å². The summed E-state index contributed by atoms with van der Waals surface area (Å²) in [7, 11) is -1.70. The van der Waals surface area contributed by atoms with Crippen LogP contribution in [0.1, 0.15) is 17.6 Å². The van der Waals surface area contributed by atoms with Gasteiger partial charge in [-0.3, -0.25) is 0 Å². The van der Waals surface area contributed by atoms with E-state index in [-0.39, 0.29) is 0 Å². The zero-order valence-corrected chi connectivity index (χ0v) is 10.00. The largest absolute Gasteiger partial charge is 0.462 e. The van der Waals surface area contributed by atoms with Gasteiger partial charge in [0.15, 0.2) is 14.4 Å². The molecule has 4 heteroatoms. The van der Waals surface area contributed by atoms with Crippen molar-refractivity contribution < 1.29 is 8.84 Å². The molecule has 1 aromatic rings. The van der Waals surface area contributed by atoms with Crippen LogP contribution in [0, 0.1) is 18.3 Å². The molecule has 0 saturated carbocycles. The van der Waals surface area contributed by atoms with Crippen molar-refractivity contribution in [3.63, 3.8) is 0 Å². The lowest BCUT2D eigenvalue weighted by molar-refractivity contribution is 0.220. The number of aryl methyl sites for hydroxylation is 1. The van der Waals surface area contributed by atoms with E-state index in [0.717, 1.165) is 5.76 Å². The lowest BCUT2D eigenvalue weighted by Crippen LogP contribution is -2.27. The van der Waals surface area contributed by atoms with E-state index in [1.807, 2.05) is 32.6 Å². The Morgan fingerprint density at radius 3 is 2.43 bits per heavy atom. The Balaban J connectivity index is 2.79. The quantitative estimate of drug-likeness (QED) is 0.719. The van der Waals surface area contributed by atoms with E-state index in [1.165, 1.54) is 0 Å². The van der Waals surface area contributed by atoms with Gasteiger partial charge in [0.1, 0.15) is 17.6 Å². The summed E-state index contributed by atoms with van der Waals surface area (Å²) < 4.78 is 11.0. The first-order valence-corrected chi connectivity index (χ1v) is 7.97. The molecule has 14 heavy (non-hydrogen) atoms. The second kappa shape index (κ2) is 3.99. The number of nitrogens with zero attached hydrogens (tertiary/aromatic N) is 1. The number of rotatable bonds is 3. The molecule has 0 spiro atoms. The van der Waals surface area contributed by atoms with Crippen molar-refractivity contribution in [3.05, 3.63) is 23.7 Å². The molecule has 0 fully saturated rings. The van der Waals surface area contributed by atoms with Gasteiger partial charge in [-0.1, -0.05) is 0 Å². The third-order valence-corrected chi connectivity index (χ3v) is 2.55. The maximum Gasteiger partial charge on any atom is 0.192 e. The Bertz CT molecular complexity index is 346. The van der Waals surface area contributed by atoms with Crippen LogP contribution in [-0.4, -0.2) is 8.32 Å². The van der Waals surface area contributed by atoms with E-state index >= 15 is 0 Å². The highest BCUT2D eigenvalue weighted by Gasteiger charge is 2.24. The Labute approximate surface area is 85.4 Å². The van der Waals surface area contributed by atoms with Crippen molar-refractivity contribution in [1.29, 1.82) is 5.26 Å². The topological polar surface area (TPSA) is 46.2 Å². The van der Waals surface area contributed by atoms with Gasteiger partial charge in [0.25, 0.3) is 0 Å². The van der Waals surface area contributed by atoms with Crippen LogP contribution in [0.2, 0.25) is 19.6 Å². The highest BCUT2D eigenvalue weighted by atomic mass is 28.4. The Morgan fingerprint density at radius 2 is 2.07 bits per heavy atom. The molecule has 1 aromatic heterocycles. The van der Waals surface area contributed by atoms with Crippen molar-refractivity contribution in [3.8, 4) is 6.07 Å². The highest BCUT2D eigenvalue weighted by molar-refractivity contribution is 6.69. The number of furan rings is 1. The van der Waals surface area contributed by atoms with Gasteiger partial charge >= 0.3 is 0 Å². The minimum absolute atomic E-state index is 0.560. The molecule has 0 aliphatic rings. The van der Waals surface area contributed by atoms with Crippen LogP contribution in [0.3, 0.4) is 0 Å². The molecule has 0 N–H and O–H groups in total. The molecule has 0 amide bonds. The fourth-order valence-electron chi connectivity index (χ4n) is 1.10. The Kier molecular flexibility index (Phi) is 3.14. The van der Waals surface area contributed by atoms with Crippen LogP contribution in [-0.2, 0) is 4.43 Å². The molecule has 3 nitrogen and oxygen atoms in total. The van der Waals surface area contributed by atoms with E-state index in [0.29, 0.717) is 5.76 Å². The van der Waals surface area contributed by atoms with Crippen LogP contribution >= 0.6 is 0 Å². The maximum atomic E-state index is 8.94. The van der Waals surface area contributed by atoms with Gasteiger partial charge in [0, 0.05) is 0 Å². The Hall–Kier alpha value is -1.05. The summed E-state index contributed by atoms with van der Waals surface area (Å²) in [6, 6.07) is 5.74. The third-order valence-electron chi connectivity index (χ3n) is 1.61. The molecule has 0 bridgehead atoms. The molecule has 1 unspecified atom stereocenters. The van der Waals surface area contributed by atoms with Crippen molar-refractivity contribution >= 4 is 8.32 Å². The summed E-state index contributed by atoms with van der Waals surface area (Å²) in [6.07, 6.45) is -0.560. The Morgan fingerprint density at radius 1 is 1.43 bits per heavy atom. The molecule has 1 atom stereocenters. The summed E-state index contributed by atoms with van der Waals surface area (Å²) in [4.78, 5) is 0. The maximum absolute atomic E-state index is 8.94. The normalized spacial score (nSPS) is 13.6. The fourth-order valence-corrected chi connectivity index (χ4v) is 1.97. The average molecular weight is 209 g/mol. The fraction of sp³-hybridized carbons (Fsp3) is 0.500. The van der Waals surface area contributed by atoms with Gasteiger partial charge in [0.2, 0.25) is 0 Å². The van der Waals surface area contributed by atoms with E-state index in [2.05, 4.69) is 6.07 Å². The highest BCUT2D eigenvalue weighted by Crippen LogP contribution is 2.23.